The molecule has 21 heavy (non-hydrogen) atoms. The maximum atomic E-state index is 12.2. The van der Waals surface area contributed by atoms with E-state index in [1.807, 2.05) is 42.5 Å². The minimum Gasteiger partial charge on any atom is -0.497 e. The van der Waals surface area contributed by atoms with Crippen molar-refractivity contribution in [2.45, 2.75) is 12.5 Å². The van der Waals surface area contributed by atoms with Gasteiger partial charge in [0.1, 0.15) is 5.75 Å². The Balaban J connectivity index is 2.04. The lowest BCUT2D eigenvalue weighted by Crippen LogP contribution is -2.37. The van der Waals surface area contributed by atoms with Crippen LogP contribution in [-0.4, -0.2) is 19.1 Å². The van der Waals surface area contributed by atoms with Crippen LogP contribution in [0.4, 0.5) is 5.69 Å². The van der Waals surface area contributed by atoms with Crippen molar-refractivity contribution in [2.24, 2.45) is 5.73 Å². The average Bonchev–Trinajstić information content (AvgIpc) is 2.50. The number of ether oxygens (including phenoxy) is 1. The molecule has 0 unspecified atom stereocenters. The molecule has 1 amide bonds. The Morgan fingerprint density at radius 2 is 2.00 bits per heavy atom. The van der Waals surface area contributed by atoms with Crippen molar-refractivity contribution in [1.82, 2.24) is 0 Å². The number of benzene rings is 2. The first kappa shape index (κ1) is 15.5. The highest BCUT2D eigenvalue weighted by atomic mass is 79.9. The molecular formula is C16H17BrN2O2. The first-order chi connectivity index (χ1) is 10.1. The summed E-state index contributed by atoms with van der Waals surface area (Å²) < 4.78 is 5.93. The minimum atomic E-state index is -0.606. The Labute approximate surface area is 132 Å². The standard InChI is InChI=1S/C16H17BrN2O2/c1-21-12-7-8-13(17)15(10-12)19-16(20)14(18)9-11-5-3-2-4-6-11/h2-8,10,14H,9,18H2,1H3,(H,19,20)/t14-/m0/s1. The van der Waals surface area contributed by atoms with Crippen LogP contribution < -0.4 is 15.8 Å². The fraction of sp³-hybridized carbons (Fsp3) is 0.188. The van der Waals surface area contributed by atoms with Crippen molar-refractivity contribution >= 4 is 27.5 Å². The van der Waals surface area contributed by atoms with Crippen molar-refractivity contribution in [3.05, 3.63) is 58.6 Å². The molecule has 110 valence electrons. The van der Waals surface area contributed by atoms with Crippen LogP contribution in [-0.2, 0) is 11.2 Å². The molecule has 0 fully saturated rings. The third-order valence-corrected chi connectivity index (χ3v) is 3.76. The van der Waals surface area contributed by atoms with Crippen molar-refractivity contribution in [2.75, 3.05) is 12.4 Å². The van der Waals surface area contributed by atoms with E-state index in [2.05, 4.69) is 21.2 Å². The zero-order chi connectivity index (χ0) is 15.2. The summed E-state index contributed by atoms with van der Waals surface area (Å²) >= 11 is 3.39. The number of amides is 1. The van der Waals surface area contributed by atoms with Gasteiger partial charge >= 0.3 is 0 Å². The summed E-state index contributed by atoms with van der Waals surface area (Å²) in [4.78, 5) is 12.2. The molecule has 0 aliphatic heterocycles. The van der Waals surface area contributed by atoms with Gasteiger partial charge in [0.15, 0.2) is 0 Å². The van der Waals surface area contributed by atoms with Gasteiger partial charge in [0.25, 0.3) is 0 Å². The molecule has 4 nitrogen and oxygen atoms in total. The highest BCUT2D eigenvalue weighted by Crippen LogP contribution is 2.27. The SMILES string of the molecule is COc1ccc(Br)c(NC(=O)[C@@H](N)Cc2ccccc2)c1. The van der Waals surface area contributed by atoms with E-state index in [0.717, 1.165) is 10.0 Å². The zero-order valence-electron chi connectivity index (χ0n) is 11.7. The fourth-order valence-corrected chi connectivity index (χ4v) is 2.26. The Hall–Kier alpha value is -1.85. The lowest BCUT2D eigenvalue weighted by Gasteiger charge is -2.14. The van der Waals surface area contributed by atoms with Crippen LogP contribution >= 0.6 is 15.9 Å². The summed E-state index contributed by atoms with van der Waals surface area (Å²) in [5.41, 5.74) is 7.63. The monoisotopic (exact) mass is 348 g/mol. The van der Waals surface area contributed by atoms with E-state index in [-0.39, 0.29) is 5.91 Å². The van der Waals surface area contributed by atoms with E-state index in [9.17, 15) is 4.79 Å². The molecule has 0 spiro atoms. The summed E-state index contributed by atoms with van der Waals surface area (Å²) in [6.45, 7) is 0. The minimum absolute atomic E-state index is 0.229. The molecule has 1 atom stereocenters. The number of rotatable bonds is 5. The molecule has 3 N–H and O–H groups in total. The number of nitrogens with one attached hydrogen (secondary N) is 1. The van der Waals surface area contributed by atoms with E-state index in [1.54, 1.807) is 13.2 Å². The van der Waals surface area contributed by atoms with Gasteiger partial charge in [0.05, 0.1) is 18.8 Å². The smallest absolute Gasteiger partial charge is 0.241 e. The number of hydrogen-bond acceptors (Lipinski definition) is 3. The Kier molecular flexibility index (Phi) is 5.36. The summed E-state index contributed by atoms with van der Waals surface area (Å²) in [5.74, 6) is 0.443. The van der Waals surface area contributed by atoms with Gasteiger partial charge in [0, 0.05) is 10.5 Å². The lowest BCUT2D eigenvalue weighted by molar-refractivity contribution is -0.117. The van der Waals surface area contributed by atoms with Gasteiger partial charge in [-0.25, -0.2) is 0 Å². The number of halogens is 1. The molecule has 0 radical (unpaired) electrons. The molecule has 0 saturated carbocycles. The second kappa shape index (κ2) is 7.24. The van der Waals surface area contributed by atoms with Crippen molar-refractivity contribution in [3.8, 4) is 5.75 Å². The first-order valence-electron chi connectivity index (χ1n) is 6.54. The van der Waals surface area contributed by atoms with Crippen molar-refractivity contribution in [3.63, 3.8) is 0 Å². The van der Waals surface area contributed by atoms with Crippen LogP contribution in [0, 0.1) is 0 Å². The molecule has 0 aliphatic rings. The molecule has 2 aromatic carbocycles. The molecule has 2 rings (SSSR count). The van der Waals surface area contributed by atoms with Gasteiger partial charge in [-0.05, 0) is 40.0 Å². The van der Waals surface area contributed by atoms with Crippen LogP contribution in [0.15, 0.2) is 53.0 Å². The topological polar surface area (TPSA) is 64.3 Å². The van der Waals surface area contributed by atoms with Crippen LogP contribution in [0.5, 0.6) is 5.75 Å². The van der Waals surface area contributed by atoms with Gasteiger partial charge in [0.2, 0.25) is 5.91 Å². The van der Waals surface area contributed by atoms with E-state index >= 15 is 0 Å². The lowest BCUT2D eigenvalue weighted by atomic mass is 10.1. The van der Waals surface area contributed by atoms with E-state index in [1.165, 1.54) is 0 Å². The molecule has 0 bridgehead atoms. The second-order valence-corrected chi connectivity index (χ2v) is 5.49. The molecular weight excluding hydrogens is 332 g/mol. The van der Waals surface area contributed by atoms with Crippen LogP contribution in [0.1, 0.15) is 5.56 Å². The molecule has 0 aliphatic carbocycles. The first-order valence-corrected chi connectivity index (χ1v) is 7.33. The number of nitrogens with two attached hydrogens (primary N) is 1. The maximum Gasteiger partial charge on any atom is 0.241 e. The highest BCUT2D eigenvalue weighted by Gasteiger charge is 2.15. The predicted octanol–water partition coefficient (Wildman–Crippen LogP) is 2.97. The number of carbonyl (C=O) groups excluding carboxylic acids is 1. The van der Waals surface area contributed by atoms with Crippen molar-refractivity contribution in [1.29, 1.82) is 0 Å². The largest absolute Gasteiger partial charge is 0.497 e. The van der Waals surface area contributed by atoms with Gasteiger partial charge in [-0.3, -0.25) is 4.79 Å². The Bertz CT molecular complexity index is 617. The zero-order valence-corrected chi connectivity index (χ0v) is 13.3. The van der Waals surface area contributed by atoms with Crippen LogP contribution in [0.3, 0.4) is 0 Å². The summed E-state index contributed by atoms with van der Waals surface area (Å²) in [6.07, 6.45) is 0.494. The Morgan fingerprint density at radius 1 is 1.29 bits per heavy atom. The molecule has 0 saturated heterocycles. The van der Waals surface area contributed by atoms with E-state index in [4.69, 9.17) is 10.5 Å². The third-order valence-electron chi connectivity index (χ3n) is 3.07. The quantitative estimate of drug-likeness (QED) is 0.872. The average molecular weight is 349 g/mol. The van der Waals surface area contributed by atoms with Gasteiger partial charge in [-0.15, -0.1) is 0 Å². The summed E-state index contributed by atoms with van der Waals surface area (Å²) in [5, 5.41) is 2.81. The molecule has 2 aromatic rings. The van der Waals surface area contributed by atoms with Gasteiger partial charge in [-0.2, -0.15) is 0 Å². The van der Waals surface area contributed by atoms with Crippen molar-refractivity contribution < 1.29 is 9.53 Å². The highest BCUT2D eigenvalue weighted by molar-refractivity contribution is 9.10. The summed E-state index contributed by atoms with van der Waals surface area (Å²) in [6, 6.07) is 14.5. The number of anilines is 1. The third kappa shape index (κ3) is 4.31. The normalized spacial score (nSPS) is 11.8. The van der Waals surface area contributed by atoms with Gasteiger partial charge in [-0.1, -0.05) is 30.3 Å². The van der Waals surface area contributed by atoms with Crippen LogP contribution in [0.25, 0.3) is 0 Å². The van der Waals surface area contributed by atoms with Crippen LogP contribution in [0.2, 0.25) is 0 Å². The number of methoxy groups -OCH3 is 1. The molecule has 0 aromatic heterocycles. The summed E-state index contributed by atoms with van der Waals surface area (Å²) in [7, 11) is 1.58. The number of carbonyl (C=O) groups is 1. The van der Waals surface area contributed by atoms with E-state index < -0.39 is 6.04 Å². The predicted molar refractivity (Wildman–Crippen MR) is 87.4 cm³/mol. The molecule has 5 heteroatoms. The molecule has 0 heterocycles. The Morgan fingerprint density at radius 3 is 2.67 bits per heavy atom. The maximum absolute atomic E-state index is 12.2. The number of hydrogen-bond donors (Lipinski definition) is 2. The fourth-order valence-electron chi connectivity index (χ4n) is 1.91. The second-order valence-electron chi connectivity index (χ2n) is 4.63. The van der Waals surface area contributed by atoms with E-state index in [0.29, 0.717) is 17.9 Å². The van der Waals surface area contributed by atoms with Gasteiger partial charge < -0.3 is 15.8 Å².